The van der Waals surface area contributed by atoms with E-state index in [4.69, 9.17) is 10.5 Å². The van der Waals surface area contributed by atoms with Gasteiger partial charge in [-0.05, 0) is 11.8 Å². The highest BCUT2D eigenvalue weighted by atomic mass is 16.5. The number of imidazole rings is 1. The molecule has 0 saturated heterocycles. The molecule has 0 aromatic carbocycles. The third-order valence-corrected chi connectivity index (χ3v) is 3.36. The third kappa shape index (κ3) is 3.20. The summed E-state index contributed by atoms with van der Waals surface area (Å²) in [7, 11) is 0. The molecule has 6 nitrogen and oxygen atoms in total. The average molecular weight is 263 g/mol. The zero-order valence-electron chi connectivity index (χ0n) is 11.8. The van der Waals surface area contributed by atoms with Crippen molar-refractivity contribution in [3.8, 4) is 0 Å². The van der Waals surface area contributed by atoms with Gasteiger partial charge in [-0.25, -0.2) is 15.0 Å². The monoisotopic (exact) mass is 263 g/mol. The molecule has 2 N–H and O–H groups in total. The lowest BCUT2D eigenvalue weighted by atomic mass is 9.92. The molecule has 2 aromatic heterocycles. The van der Waals surface area contributed by atoms with Crippen molar-refractivity contribution in [2.24, 2.45) is 5.41 Å². The molecule has 0 amide bonds. The minimum atomic E-state index is 0.226. The van der Waals surface area contributed by atoms with Crippen molar-refractivity contribution < 1.29 is 4.74 Å². The molecule has 0 aliphatic heterocycles. The molecule has 104 valence electrons. The SMILES string of the molecule is CCC(C)(C)COCCn1cnc2c(N)ncnc21. The number of nitrogens with zero attached hydrogens (tertiary/aromatic N) is 4. The number of rotatable bonds is 6. The molecule has 2 rings (SSSR count). The van der Waals surface area contributed by atoms with Crippen molar-refractivity contribution in [2.75, 3.05) is 18.9 Å². The van der Waals surface area contributed by atoms with Crippen LogP contribution in [0, 0.1) is 5.41 Å². The first-order chi connectivity index (χ1) is 9.03. The average Bonchev–Trinajstić information content (AvgIpc) is 2.80. The summed E-state index contributed by atoms with van der Waals surface area (Å²) >= 11 is 0. The number of anilines is 1. The normalized spacial score (nSPS) is 12.2. The van der Waals surface area contributed by atoms with Gasteiger partial charge in [0.1, 0.15) is 11.8 Å². The van der Waals surface area contributed by atoms with E-state index in [1.807, 2.05) is 4.57 Å². The molecular formula is C13H21N5O. The second-order valence-corrected chi connectivity index (χ2v) is 5.44. The quantitative estimate of drug-likeness (QED) is 0.805. The van der Waals surface area contributed by atoms with Crippen molar-refractivity contribution in [3.63, 3.8) is 0 Å². The summed E-state index contributed by atoms with van der Waals surface area (Å²) < 4.78 is 7.66. The number of hydrogen-bond donors (Lipinski definition) is 1. The van der Waals surface area contributed by atoms with E-state index in [0.717, 1.165) is 18.7 Å². The number of ether oxygens (including phenoxy) is 1. The fourth-order valence-electron chi connectivity index (χ4n) is 1.68. The summed E-state index contributed by atoms with van der Waals surface area (Å²) in [6.07, 6.45) is 4.28. The predicted octanol–water partition coefficient (Wildman–Crippen LogP) is 1.86. The van der Waals surface area contributed by atoms with E-state index in [0.29, 0.717) is 24.5 Å². The highest BCUT2D eigenvalue weighted by Gasteiger charge is 2.15. The Labute approximate surface area is 113 Å². The first kappa shape index (κ1) is 13.7. The van der Waals surface area contributed by atoms with Gasteiger partial charge in [0.2, 0.25) is 0 Å². The van der Waals surface area contributed by atoms with E-state index in [1.165, 1.54) is 6.33 Å². The maximum atomic E-state index is 5.74. The molecule has 0 saturated carbocycles. The van der Waals surface area contributed by atoms with Crippen LogP contribution in [0.1, 0.15) is 27.2 Å². The van der Waals surface area contributed by atoms with Crippen LogP contribution in [0.4, 0.5) is 5.82 Å². The minimum Gasteiger partial charge on any atom is -0.382 e. The van der Waals surface area contributed by atoms with Crippen molar-refractivity contribution in [1.82, 2.24) is 19.5 Å². The smallest absolute Gasteiger partial charge is 0.165 e. The zero-order valence-corrected chi connectivity index (χ0v) is 11.8. The van der Waals surface area contributed by atoms with E-state index in [1.54, 1.807) is 6.33 Å². The van der Waals surface area contributed by atoms with Crippen molar-refractivity contribution in [2.45, 2.75) is 33.7 Å². The largest absolute Gasteiger partial charge is 0.382 e. The summed E-state index contributed by atoms with van der Waals surface area (Å²) in [5.41, 5.74) is 7.37. The van der Waals surface area contributed by atoms with Gasteiger partial charge in [-0.3, -0.25) is 0 Å². The van der Waals surface area contributed by atoms with Gasteiger partial charge in [0, 0.05) is 6.54 Å². The van der Waals surface area contributed by atoms with Gasteiger partial charge in [-0.15, -0.1) is 0 Å². The van der Waals surface area contributed by atoms with Crippen LogP contribution in [0.2, 0.25) is 0 Å². The molecule has 6 heteroatoms. The number of nitrogens with two attached hydrogens (primary N) is 1. The first-order valence-corrected chi connectivity index (χ1v) is 6.52. The van der Waals surface area contributed by atoms with Gasteiger partial charge in [0.05, 0.1) is 19.5 Å². The lowest BCUT2D eigenvalue weighted by Gasteiger charge is -2.22. The van der Waals surface area contributed by atoms with Crippen LogP contribution < -0.4 is 5.73 Å². The van der Waals surface area contributed by atoms with Crippen molar-refractivity contribution in [1.29, 1.82) is 0 Å². The Morgan fingerprint density at radius 3 is 2.84 bits per heavy atom. The van der Waals surface area contributed by atoms with Crippen LogP contribution in [0.5, 0.6) is 0 Å². The van der Waals surface area contributed by atoms with Crippen LogP contribution in [0.25, 0.3) is 11.2 Å². The lowest BCUT2D eigenvalue weighted by Crippen LogP contribution is -2.19. The molecule has 0 spiro atoms. The molecule has 0 aliphatic rings. The molecule has 0 bridgehead atoms. The van der Waals surface area contributed by atoms with Crippen LogP contribution in [0.15, 0.2) is 12.7 Å². The Morgan fingerprint density at radius 1 is 1.32 bits per heavy atom. The van der Waals surface area contributed by atoms with E-state index in [-0.39, 0.29) is 5.41 Å². The number of aromatic nitrogens is 4. The number of fused-ring (bicyclic) bond motifs is 1. The Bertz CT molecular complexity index is 549. The predicted molar refractivity (Wildman–Crippen MR) is 74.6 cm³/mol. The van der Waals surface area contributed by atoms with Crippen LogP contribution in [0.3, 0.4) is 0 Å². The van der Waals surface area contributed by atoms with Gasteiger partial charge in [0.25, 0.3) is 0 Å². The summed E-state index contributed by atoms with van der Waals surface area (Å²) in [6.45, 7) is 8.69. The Kier molecular flexibility index (Phi) is 3.99. The topological polar surface area (TPSA) is 78.9 Å². The molecule has 2 aromatic rings. The molecule has 19 heavy (non-hydrogen) atoms. The second kappa shape index (κ2) is 5.52. The van der Waals surface area contributed by atoms with Gasteiger partial charge in [0.15, 0.2) is 11.5 Å². The summed E-state index contributed by atoms with van der Waals surface area (Å²) in [6, 6.07) is 0. The molecule has 0 radical (unpaired) electrons. The second-order valence-electron chi connectivity index (χ2n) is 5.44. The van der Waals surface area contributed by atoms with Gasteiger partial charge in [-0.2, -0.15) is 0 Å². The Morgan fingerprint density at radius 2 is 2.11 bits per heavy atom. The molecule has 0 atom stereocenters. The maximum Gasteiger partial charge on any atom is 0.165 e. The molecule has 2 heterocycles. The maximum absolute atomic E-state index is 5.74. The highest BCUT2D eigenvalue weighted by molar-refractivity contribution is 5.80. The zero-order chi connectivity index (χ0) is 13.9. The van der Waals surface area contributed by atoms with Crippen molar-refractivity contribution >= 4 is 17.0 Å². The van der Waals surface area contributed by atoms with E-state index >= 15 is 0 Å². The number of nitrogen functional groups attached to an aromatic ring is 1. The fraction of sp³-hybridized carbons (Fsp3) is 0.615. The lowest BCUT2D eigenvalue weighted by molar-refractivity contribution is 0.0560. The number of hydrogen-bond acceptors (Lipinski definition) is 5. The molecule has 0 fully saturated rings. The highest BCUT2D eigenvalue weighted by Crippen LogP contribution is 2.19. The van der Waals surface area contributed by atoms with Crippen molar-refractivity contribution in [3.05, 3.63) is 12.7 Å². The van der Waals surface area contributed by atoms with E-state index < -0.39 is 0 Å². The summed E-state index contributed by atoms with van der Waals surface area (Å²) in [5.74, 6) is 0.414. The van der Waals surface area contributed by atoms with Gasteiger partial charge < -0.3 is 15.0 Å². The fourth-order valence-corrected chi connectivity index (χ4v) is 1.68. The van der Waals surface area contributed by atoms with E-state index in [2.05, 4.69) is 35.7 Å². The van der Waals surface area contributed by atoms with Crippen LogP contribution in [-0.4, -0.2) is 32.7 Å². The van der Waals surface area contributed by atoms with Crippen LogP contribution >= 0.6 is 0 Å². The van der Waals surface area contributed by atoms with Gasteiger partial charge >= 0.3 is 0 Å². The standard InChI is InChI=1S/C13H21N5O/c1-4-13(2,3)7-19-6-5-18-9-17-10-11(14)15-8-16-12(10)18/h8-9H,4-7H2,1-3H3,(H2,14,15,16). The minimum absolute atomic E-state index is 0.226. The van der Waals surface area contributed by atoms with E-state index in [9.17, 15) is 0 Å². The third-order valence-electron chi connectivity index (χ3n) is 3.36. The molecule has 0 aliphatic carbocycles. The summed E-state index contributed by atoms with van der Waals surface area (Å²) in [5, 5.41) is 0. The first-order valence-electron chi connectivity index (χ1n) is 6.52. The van der Waals surface area contributed by atoms with Gasteiger partial charge in [-0.1, -0.05) is 20.8 Å². The summed E-state index contributed by atoms with van der Waals surface area (Å²) in [4.78, 5) is 12.3. The Hall–Kier alpha value is -1.69. The Balaban J connectivity index is 1.94. The molecule has 0 unspecified atom stereocenters. The molecular weight excluding hydrogens is 242 g/mol. The van der Waals surface area contributed by atoms with Crippen LogP contribution in [-0.2, 0) is 11.3 Å².